The van der Waals surface area contributed by atoms with E-state index in [9.17, 15) is 5.11 Å². The predicted molar refractivity (Wildman–Crippen MR) is 72.7 cm³/mol. The molecule has 0 bridgehead atoms. The van der Waals surface area contributed by atoms with Gasteiger partial charge in [0.05, 0.1) is 5.52 Å². The highest BCUT2D eigenvalue weighted by Gasteiger charge is 2.12. The van der Waals surface area contributed by atoms with Crippen molar-refractivity contribution in [3.8, 4) is 0 Å². The van der Waals surface area contributed by atoms with Crippen LogP contribution in [0.15, 0.2) is 54.9 Å². The van der Waals surface area contributed by atoms with E-state index < -0.39 is 6.10 Å². The van der Waals surface area contributed by atoms with Gasteiger partial charge in [0.1, 0.15) is 25.1 Å². The summed E-state index contributed by atoms with van der Waals surface area (Å²) in [4.78, 5) is 9.40. The summed E-state index contributed by atoms with van der Waals surface area (Å²) in [7, 11) is 1.58. The van der Waals surface area contributed by atoms with Crippen LogP contribution in [0.3, 0.4) is 0 Å². The molecule has 4 heteroatoms. The average molecular weight is 254 g/mol. The van der Waals surface area contributed by atoms with Crippen LogP contribution in [0.4, 0.5) is 0 Å². The summed E-state index contributed by atoms with van der Waals surface area (Å²) in [6.45, 7) is 0. The molecule has 2 aromatic carbocycles. The van der Waals surface area contributed by atoms with E-state index in [-0.39, 0.29) is 0 Å². The van der Waals surface area contributed by atoms with E-state index in [4.69, 9.17) is 4.84 Å². The van der Waals surface area contributed by atoms with Gasteiger partial charge >= 0.3 is 0 Å². The summed E-state index contributed by atoms with van der Waals surface area (Å²) in [5.74, 6) is 0. The van der Waals surface area contributed by atoms with Gasteiger partial charge in [-0.1, -0.05) is 36.4 Å². The van der Waals surface area contributed by atoms with Crippen LogP contribution in [0.2, 0.25) is 0 Å². The maximum atomic E-state index is 10.4. The molecule has 0 amide bonds. The molecule has 0 saturated carbocycles. The van der Waals surface area contributed by atoms with Gasteiger partial charge in [0.2, 0.25) is 0 Å². The first-order valence-electron chi connectivity index (χ1n) is 6.04. The number of fused-ring (bicyclic) bond motifs is 1. The second-order valence-electron chi connectivity index (χ2n) is 4.31. The zero-order valence-electron chi connectivity index (χ0n) is 10.5. The normalized spacial score (nSPS) is 12.5. The lowest BCUT2D eigenvalue weighted by Crippen LogP contribution is -2.04. The smallest absolute Gasteiger partial charge is 0.133 e. The van der Waals surface area contributed by atoms with Crippen molar-refractivity contribution < 1.29 is 9.94 Å². The number of imidazole rings is 1. The van der Waals surface area contributed by atoms with E-state index in [0.29, 0.717) is 0 Å². The van der Waals surface area contributed by atoms with Crippen molar-refractivity contribution in [2.75, 3.05) is 7.11 Å². The van der Waals surface area contributed by atoms with Gasteiger partial charge in [0, 0.05) is 0 Å². The third-order valence-corrected chi connectivity index (χ3v) is 3.17. The van der Waals surface area contributed by atoms with Crippen molar-refractivity contribution in [1.29, 1.82) is 0 Å². The third kappa shape index (κ3) is 2.06. The van der Waals surface area contributed by atoms with Crippen LogP contribution in [0.25, 0.3) is 11.0 Å². The standard InChI is InChI=1S/C15H14N2O2/c1-19-17-10-16-13-8-7-12(9-14(13)17)15(18)11-5-3-2-4-6-11/h2-10,15,18H,1H3. The predicted octanol–water partition coefficient (Wildman–Crippen LogP) is 2.18. The highest BCUT2D eigenvalue weighted by molar-refractivity contribution is 5.76. The molecule has 4 nitrogen and oxygen atoms in total. The molecular formula is C15H14N2O2. The first-order valence-corrected chi connectivity index (χ1v) is 6.04. The van der Waals surface area contributed by atoms with E-state index in [1.54, 1.807) is 18.2 Å². The Kier molecular flexibility index (Phi) is 2.93. The number of aliphatic hydroxyl groups is 1. The highest BCUT2D eigenvalue weighted by atomic mass is 16.6. The Hall–Kier alpha value is -2.33. The van der Waals surface area contributed by atoms with E-state index in [1.165, 1.54) is 0 Å². The molecule has 19 heavy (non-hydrogen) atoms. The Morgan fingerprint density at radius 1 is 1.11 bits per heavy atom. The molecule has 1 atom stereocenters. The first kappa shape index (κ1) is 11.7. The van der Waals surface area contributed by atoms with Gasteiger partial charge in [-0.25, -0.2) is 4.98 Å². The van der Waals surface area contributed by atoms with Crippen LogP contribution in [-0.4, -0.2) is 21.9 Å². The molecule has 3 aromatic rings. The minimum absolute atomic E-state index is 0.647. The molecule has 1 unspecified atom stereocenters. The Balaban J connectivity index is 2.05. The lowest BCUT2D eigenvalue weighted by atomic mass is 10.0. The fourth-order valence-electron chi connectivity index (χ4n) is 2.15. The number of rotatable bonds is 3. The average Bonchev–Trinajstić information content (AvgIpc) is 2.89. The van der Waals surface area contributed by atoms with Gasteiger partial charge in [-0.15, -0.1) is 0 Å². The maximum absolute atomic E-state index is 10.4. The molecule has 0 aliphatic rings. The van der Waals surface area contributed by atoms with Crippen LogP contribution in [0, 0.1) is 0 Å². The molecule has 0 radical (unpaired) electrons. The quantitative estimate of drug-likeness (QED) is 0.779. The lowest BCUT2D eigenvalue weighted by molar-refractivity contribution is 0.177. The van der Waals surface area contributed by atoms with Gasteiger partial charge in [0.15, 0.2) is 0 Å². The molecular weight excluding hydrogens is 240 g/mol. The molecule has 1 N–H and O–H groups in total. The molecule has 0 aliphatic heterocycles. The summed E-state index contributed by atoms with van der Waals surface area (Å²) in [5, 5.41) is 10.4. The van der Waals surface area contributed by atoms with E-state index in [0.717, 1.165) is 22.2 Å². The molecule has 0 aliphatic carbocycles. The fourth-order valence-corrected chi connectivity index (χ4v) is 2.15. The van der Waals surface area contributed by atoms with E-state index in [2.05, 4.69) is 4.98 Å². The highest BCUT2D eigenvalue weighted by Crippen LogP contribution is 2.24. The Morgan fingerprint density at radius 2 is 1.89 bits per heavy atom. The van der Waals surface area contributed by atoms with Crippen molar-refractivity contribution in [3.63, 3.8) is 0 Å². The molecule has 0 saturated heterocycles. The van der Waals surface area contributed by atoms with Gasteiger partial charge in [-0.3, -0.25) is 0 Å². The number of aromatic nitrogens is 2. The SMILES string of the molecule is COn1cnc2ccc(C(O)c3ccccc3)cc21. The largest absolute Gasteiger partial charge is 0.416 e. The van der Waals surface area contributed by atoms with Crippen LogP contribution >= 0.6 is 0 Å². The molecule has 1 heterocycles. The minimum Gasteiger partial charge on any atom is -0.416 e. The topological polar surface area (TPSA) is 47.3 Å². The minimum atomic E-state index is -0.647. The second kappa shape index (κ2) is 4.74. The van der Waals surface area contributed by atoms with Crippen LogP contribution in [0.1, 0.15) is 17.2 Å². The summed E-state index contributed by atoms with van der Waals surface area (Å²) in [5.41, 5.74) is 3.36. The Bertz CT molecular complexity index is 692. The Morgan fingerprint density at radius 3 is 2.63 bits per heavy atom. The van der Waals surface area contributed by atoms with Gasteiger partial charge in [-0.2, -0.15) is 4.73 Å². The van der Waals surface area contributed by atoms with Crippen molar-refractivity contribution in [2.45, 2.75) is 6.10 Å². The zero-order chi connectivity index (χ0) is 13.2. The van der Waals surface area contributed by atoms with Crippen molar-refractivity contribution >= 4 is 11.0 Å². The van der Waals surface area contributed by atoms with E-state index in [1.807, 2.05) is 48.5 Å². The van der Waals surface area contributed by atoms with Gasteiger partial charge in [0.25, 0.3) is 0 Å². The van der Waals surface area contributed by atoms with Gasteiger partial charge in [-0.05, 0) is 23.3 Å². The number of hydrogen-bond acceptors (Lipinski definition) is 3. The van der Waals surface area contributed by atoms with Crippen molar-refractivity contribution in [2.24, 2.45) is 0 Å². The third-order valence-electron chi connectivity index (χ3n) is 3.17. The van der Waals surface area contributed by atoms with Crippen molar-refractivity contribution in [3.05, 3.63) is 66.0 Å². The molecule has 0 spiro atoms. The van der Waals surface area contributed by atoms with Crippen LogP contribution in [0.5, 0.6) is 0 Å². The first-order chi connectivity index (χ1) is 9.29. The summed E-state index contributed by atoms with van der Waals surface area (Å²) < 4.78 is 1.58. The number of hydrogen-bond donors (Lipinski definition) is 1. The molecule has 1 aromatic heterocycles. The van der Waals surface area contributed by atoms with Crippen LogP contribution in [-0.2, 0) is 0 Å². The van der Waals surface area contributed by atoms with Crippen molar-refractivity contribution in [1.82, 2.24) is 9.71 Å². The summed E-state index contributed by atoms with van der Waals surface area (Å²) in [6, 6.07) is 15.2. The van der Waals surface area contributed by atoms with Gasteiger partial charge < -0.3 is 9.94 Å². The summed E-state index contributed by atoms with van der Waals surface area (Å²) in [6.07, 6.45) is 0.967. The molecule has 3 rings (SSSR count). The monoisotopic (exact) mass is 254 g/mol. The zero-order valence-corrected chi connectivity index (χ0v) is 10.5. The molecule has 0 fully saturated rings. The summed E-state index contributed by atoms with van der Waals surface area (Å²) >= 11 is 0. The second-order valence-corrected chi connectivity index (χ2v) is 4.31. The number of nitrogens with zero attached hydrogens (tertiary/aromatic N) is 2. The van der Waals surface area contributed by atoms with Crippen LogP contribution < -0.4 is 4.84 Å². The molecule has 96 valence electrons. The Labute approximate surface area is 110 Å². The van der Waals surface area contributed by atoms with E-state index >= 15 is 0 Å². The number of aliphatic hydroxyl groups excluding tert-OH is 1. The lowest BCUT2D eigenvalue weighted by Gasteiger charge is -2.11. The number of benzene rings is 2. The maximum Gasteiger partial charge on any atom is 0.133 e. The fraction of sp³-hybridized carbons (Fsp3) is 0.133.